The highest BCUT2D eigenvalue weighted by Crippen LogP contribution is 2.33. The summed E-state index contributed by atoms with van der Waals surface area (Å²) in [4.78, 5) is 18.2. The average Bonchev–Trinajstić information content (AvgIpc) is 2.94. The van der Waals surface area contributed by atoms with E-state index in [1.54, 1.807) is 18.5 Å². The van der Waals surface area contributed by atoms with E-state index in [1.165, 1.54) is 11.0 Å². The smallest absolute Gasteiger partial charge is 0.227 e. The third-order valence-electron chi connectivity index (χ3n) is 4.41. The van der Waals surface area contributed by atoms with Crippen molar-refractivity contribution < 1.29 is 18.7 Å². The van der Waals surface area contributed by atoms with Gasteiger partial charge in [0.25, 0.3) is 0 Å². The Morgan fingerprint density at radius 2 is 2.12 bits per heavy atom. The van der Waals surface area contributed by atoms with Crippen molar-refractivity contribution in [1.29, 1.82) is 0 Å². The second-order valence-corrected chi connectivity index (χ2v) is 6.10. The SMILES string of the molecule is Cc1cnccc1CC(=O)N1CC(O)CC1c1ccc(F)c(F)c1. The highest BCUT2D eigenvalue weighted by atomic mass is 19.2. The number of halogens is 2. The topological polar surface area (TPSA) is 53.4 Å². The van der Waals surface area contributed by atoms with Crippen LogP contribution in [0.3, 0.4) is 0 Å². The molecule has 0 aliphatic carbocycles. The highest BCUT2D eigenvalue weighted by Gasteiger charge is 2.35. The normalized spacial score (nSPS) is 20.4. The molecular formula is C18H18F2N2O2. The van der Waals surface area contributed by atoms with Gasteiger partial charge in [-0.3, -0.25) is 9.78 Å². The minimum Gasteiger partial charge on any atom is -0.391 e. The average molecular weight is 332 g/mol. The lowest BCUT2D eigenvalue weighted by molar-refractivity contribution is -0.131. The van der Waals surface area contributed by atoms with Crippen molar-refractivity contribution in [3.05, 3.63) is 65.0 Å². The maximum atomic E-state index is 13.5. The van der Waals surface area contributed by atoms with Gasteiger partial charge in [-0.15, -0.1) is 0 Å². The van der Waals surface area contributed by atoms with Crippen molar-refractivity contribution in [3.8, 4) is 0 Å². The van der Waals surface area contributed by atoms with Gasteiger partial charge in [-0.25, -0.2) is 8.78 Å². The predicted molar refractivity (Wildman–Crippen MR) is 84.1 cm³/mol. The highest BCUT2D eigenvalue weighted by molar-refractivity contribution is 5.80. The van der Waals surface area contributed by atoms with Gasteiger partial charge in [0, 0.05) is 18.9 Å². The van der Waals surface area contributed by atoms with Crippen LogP contribution in [0.25, 0.3) is 0 Å². The van der Waals surface area contributed by atoms with Crippen LogP contribution in [0.5, 0.6) is 0 Å². The molecule has 6 heteroatoms. The Morgan fingerprint density at radius 1 is 1.33 bits per heavy atom. The maximum absolute atomic E-state index is 13.5. The van der Waals surface area contributed by atoms with Crippen LogP contribution < -0.4 is 0 Å². The largest absolute Gasteiger partial charge is 0.391 e. The molecule has 0 bridgehead atoms. The molecule has 0 saturated carbocycles. The number of rotatable bonds is 3. The number of aryl methyl sites for hydroxylation is 1. The fourth-order valence-electron chi connectivity index (χ4n) is 3.09. The molecule has 1 N–H and O–H groups in total. The van der Waals surface area contributed by atoms with Crippen LogP contribution in [0.15, 0.2) is 36.7 Å². The Hall–Kier alpha value is -2.34. The van der Waals surface area contributed by atoms with Gasteiger partial charge >= 0.3 is 0 Å². The molecule has 1 saturated heterocycles. The van der Waals surface area contributed by atoms with Crippen LogP contribution in [0, 0.1) is 18.6 Å². The molecule has 2 unspecified atom stereocenters. The van der Waals surface area contributed by atoms with E-state index in [1.807, 2.05) is 6.92 Å². The summed E-state index contributed by atoms with van der Waals surface area (Å²) in [5.41, 5.74) is 2.26. The number of aliphatic hydroxyl groups excluding tert-OH is 1. The van der Waals surface area contributed by atoms with Gasteiger partial charge in [-0.2, -0.15) is 0 Å². The second-order valence-electron chi connectivity index (χ2n) is 6.10. The molecule has 1 fully saturated rings. The van der Waals surface area contributed by atoms with Crippen LogP contribution >= 0.6 is 0 Å². The fraction of sp³-hybridized carbons (Fsp3) is 0.333. The molecule has 0 radical (unpaired) electrons. The van der Waals surface area contributed by atoms with Gasteiger partial charge in [0.15, 0.2) is 11.6 Å². The molecule has 2 atom stereocenters. The first-order valence-electron chi connectivity index (χ1n) is 7.77. The second kappa shape index (κ2) is 6.65. The summed E-state index contributed by atoms with van der Waals surface area (Å²) >= 11 is 0. The van der Waals surface area contributed by atoms with Gasteiger partial charge in [-0.05, 0) is 48.2 Å². The Kier molecular flexibility index (Phi) is 4.57. The number of aliphatic hydroxyl groups is 1. The van der Waals surface area contributed by atoms with Crippen molar-refractivity contribution in [2.75, 3.05) is 6.54 Å². The molecule has 3 rings (SSSR count). The summed E-state index contributed by atoms with van der Waals surface area (Å²) in [6, 6.07) is 4.93. The third-order valence-corrected chi connectivity index (χ3v) is 4.41. The van der Waals surface area contributed by atoms with E-state index < -0.39 is 23.8 Å². The lowest BCUT2D eigenvalue weighted by Gasteiger charge is -2.25. The molecule has 0 spiro atoms. The summed E-state index contributed by atoms with van der Waals surface area (Å²) in [5.74, 6) is -2.04. The first-order chi connectivity index (χ1) is 11.5. The number of benzene rings is 1. The number of hydrogen-bond acceptors (Lipinski definition) is 3. The molecule has 1 aliphatic heterocycles. The van der Waals surface area contributed by atoms with E-state index in [2.05, 4.69) is 4.98 Å². The zero-order valence-corrected chi connectivity index (χ0v) is 13.2. The molecule has 1 amide bonds. The molecule has 1 aromatic heterocycles. The van der Waals surface area contributed by atoms with Gasteiger partial charge in [0.2, 0.25) is 5.91 Å². The Bertz CT molecular complexity index is 766. The van der Waals surface area contributed by atoms with Crippen molar-refractivity contribution in [2.45, 2.75) is 31.9 Å². The van der Waals surface area contributed by atoms with Gasteiger partial charge in [0.05, 0.1) is 18.6 Å². The number of β-amino-alcohol motifs (C(OH)–C–C–N with tert-alkyl or cyclic N) is 1. The fourth-order valence-corrected chi connectivity index (χ4v) is 3.09. The number of nitrogens with zero attached hydrogens (tertiary/aromatic N) is 2. The number of hydrogen-bond donors (Lipinski definition) is 1. The van der Waals surface area contributed by atoms with E-state index in [4.69, 9.17) is 0 Å². The number of likely N-dealkylation sites (tertiary alicyclic amines) is 1. The zero-order valence-electron chi connectivity index (χ0n) is 13.2. The number of aromatic nitrogens is 1. The Balaban J connectivity index is 1.83. The van der Waals surface area contributed by atoms with Gasteiger partial charge in [0.1, 0.15) is 0 Å². The van der Waals surface area contributed by atoms with Crippen molar-refractivity contribution in [3.63, 3.8) is 0 Å². The molecule has 2 aromatic rings. The number of pyridine rings is 1. The van der Waals surface area contributed by atoms with Gasteiger partial charge in [-0.1, -0.05) is 6.07 Å². The van der Waals surface area contributed by atoms with E-state index in [-0.39, 0.29) is 18.9 Å². The molecule has 1 aromatic carbocycles. The molecule has 1 aliphatic rings. The lowest BCUT2D eigenvalue weighted by Crippen LogP contribution is -2.33. The maximum Gasteiger partial charge on any atom is 0.227 e. The standard InChI is InChI=1S/C18H18F2N2O2/c1-11-9-21-5-4-12(11)7-18(24)22-10-14(23)8-17(22)13-2-3-15(19)16(20)6-13/h2-6,9,14,17,23H,7-8,10H2,1H3. The van der Waals surface area contributed by atoms with Crippen LogP contribution in [-0.4, -0.2) is 33.5 Å². The summed E-state index contributed by atoms with van der Waals surface area (Å²) in [7, 11) is 0. The first-order valence-corrected chi connectivity index (χ1v) is 7.77. The third kappa shape index (κ3) is 3.28. The lowest BCUT2D eigenvalue weighted by atomic mass is 10.0. The minimum absolute atomic E-state index is 0.157. The van der Waals surface area contributed by atoms with Crippen molar-refractivity contribution >= 4 is 5.91 Å². The molecule has 24 heavy (non-hydrogen) atoms. The Morgan fingerprint density at radius 3 is 2.83 bits per heavy atom. The monoisotopic (exact) mass is 332 g/mol. The molecular weight excluding hydrogens is 314 g/mol. The van der Waals surface area contributed by atoms with E-state index in [0.29, 0.717) is 12.0 Å². The van der Waals surface area contributed by atoms with Crippen LogP contribution in [0.4, 0.5) is 8.78 Å². The summed E-state index contributed by atoms with van der Waals surface area (Å²) < 4.78 is 26.6. The van der Waals surface area contributed by atoms with Gasteiger partial charge < -0.3 is 10.0 Å². The van der Waals surface area contributed by atoms with E-state index in [0.717, 1.165) is 23.3 Å². The first kappa shape index (κ1) is 16.5. The van der Waals surface area contributed by atoms with Crippen molar-refractivity contribution in [1.82, 2.24) is 9.88 Å². The minimum atomic E-state index is -0.953. The van der Waals surface area contributed by atoms with E-state index >= 15 is 0 Å². The summed E-state index contributed by atoms with van der Waals surface area (Å²) in [5, 5.41) is 9.95. The quantitative estimate of drug-likeness (QED) is 0.940. The van der Waals surface area contributed by atoms with Crippen LogP contribution in [0.1, 0.15) is 29.2 Å². The summed E-state index contributed by atoms with van der Waals surface area (Å²) in [6.07, 6.45) is 3.13. The number of carbonyl (C=O) groups excluding carboxylic acids is 1. The number of amides is 1. The Labute approximate surface area is 138 Å². The summed E-state index contributed by atoms with van der Waals surface area (Å²) in [6.45, 7) is 2.06. The van der Waals surface area contributed by atoms with Crippen LogP contribution in [-0.2, 0) is 11.2 Å². The zero-order chi connectivity index (χ0) is 17.3. The molecule has 2 heterocycles. The number of carbonyl (C=O) groups is 1. The predicted octanol–water partition coefficient (Wildman–Crippen LogP) is 2.55. The molecule has 126 valence electrons. The molecule has 4 nitrogen and oxygen atoms in total. The van der Waals surface area contributed by atoms with E-state index in [9.17, 15) is 18.7 Å². The van der Waals surface area contributed by atoms with Crippen LogP contribution in [0.2, 0.25) is 0 Å². The van der Waals surface area contributed by atoms with Crippen molar-refractivity contribution in [2.24, 2.45) is 0 Å².